The van der Waals surface area contributed by atoms with Crippen LogP contribution in [0.25, 0.3) is 0 Å². The van der Waals surface area contributed by atoms with Crippen LogP contribution in [0.4, 0.5) is 4.20 Å². The molecule has 1 aromatic carbocycles. The zero-order valence-electron chi connectivity index (χ0n) is 12.0. The third-order valence-electron chi connectivity index (χ3n) is 3.84. The molecule has 1 saturated carbocycles. The molecular formula is C16H24FO2P. The maximum Gasteiger partial charge on any atom is 0.367 e. The van der Waals surface area contributed by atoms with Gasteiger partial charge in [0.1, 0.15) is 0 Å². The molecule has 1 fully saturated rings. The summed E-state index contributed by atoms with van der Waals surface area (Å²) in [6, 6.07) is 10.1. The highest BCUT2D eigenvalue weighted by molar-refractivity contribution is 7.53. The average Bonchev–Trinajstić information content (AvgIpc) is 2.45. The van der Waals surface area contributed by atoms with Gasteiger partial charge in [-0.15, -0.1) is 0 Å². The molecule has 1 aromatic rings. The smallest absolute Gasteiger partial charge is 0.302 e. The van der Waals surface area contributed by atoms with Crippen LogP contribution in [0.5, 0.6) is 0 Å². The normalized spacial score (nSPS) is 19.6. The Labute approximate surface area is 121 Å². The summed E-state index contributed by atoms with van der Waals surface area (Å²) in [7, 11) is -3.88. The number of unbranched alkanes of at least 4 members (excludes halogenated alkanes) is 1. The molecule has 0 aromatic heterocycles. The fourth-order valence-electron chi connectivity index (χ4n) is 2.72. The van der Waals surface area contributed by atoms with Crippen LogP contribution in [0.2, 0.25) is 0 Å². The lowest BCUT2D eigenvalue weighted by atomic mass is 9.98. The topological polar surface area (TPSA) is 26.3 Å². The average molecular weight is 298 g/mol. The summed E-state index contributed by atoms with van der Waals surface area (Å²) in [4.78, 5) is 0. The van der Waals surface area contributed by atoms with Crippen LogP contribution in [0, 0.1) is 0 Å². The van der Waals surface area contributed by atoms with Crippen LogP contribution >= 0.6 is 7.68 Å². The lowest BCUT2D eigenvalue weighted by Crippen LogP contribution is -2.15. The molecule has 0 heterocycles. The first-order valence-electron chi connectivity index (χ1n) is 7.67. The Kier molecular flexibility index (Phi) is 6.25. The molecule has 2 nitrogen and oxygen atoms in total. The van der Waals surface area contributed by atoms with Crippen molar-refractivity contribution in [2.75, 3.05) is 6.16 Å². The van der Waals surface area contributed by atoms with Crippen LogP contribution < -0.4 is 0 Å². The standard InChI is InChI=1S/C16H24FO2P/c17-20(18,19-16-12-5-2-6-13-16)14-8-7-11-15-9-3-1-4-10-15/h1,3-4,9-10,16H,2,5-8,11-14H2/t20-/m1/s1. The fourth-order valence-corrected chi connectivity index (χ4v) is 4.08. The number of aryl methyl sites for hydroxylation is 1. The van der Waals surface area contributed by atoms with Crippen molar-refractivity contribution in [1.82, 2.24) is 0 Å². The lowest BCUT2D eigenvalue weighted by molar-refractivity contribution is 0.146. The molecular weight excluding hydrogens is 274 g/mol. The quantitative estimate of drug-likeness (QED) is 0.489. The van der Waals surface area contributed by atoms with Gasteiger partial charge in [0.2, 0.25) is 0 Å². The van der Waals surface area contributed by atoms with E-state index in [4.69, 9.17) is 4.52 Å². The Morgan fingerprint density at radius 3 is 2.50 bits per heavy atom. The van der Waals surface area contributed by atoms with Gasteiger partial charge < -0.3 is 4.52 Å². The minimum Gasteiger partial charge on any atom is -0.302 e. The highest BCUT2D eigenvalue weighted by Gasteiger charge is 2.27. The van der Waals surface area contributed by atoms with Gasteiger partial charge >= 0.3 is 7.68 Å². The molecule has 2 rings (SSSR count). The first-order chi connectivity index (χ1) is 9.66. The van der Waals surface area contributed by atoms with Crippen molar-refractivity contribution in [1.29, 1.82) is 0 Å². The molecule has 0 N–H and O–H groups in total. The zero-order chi connectivity index (χ0) is 14.3. The number of hydrogen-bond acceptors (Lipinski definition) is 2. The molecule has 0 saturated heterocycles. The Hall–Kier alpha value is -0.660. The summed E-state index contributed by atoms with van der Waals surface area (Å²) < 4.78 is 31.0. The largest absolute Gasteiger partial charge is 0.367 e. The molecule has 0 aliphatic heterocycles. The first kappa shape index (κ1) is 15.7. The summed E-state index contributed by atoms with van der Waals surface area (Å²) in [5.74, 6) is 0. The zero-order valence-corrected chi connectivity index (χ0v) is 12.9. The Morgan fingerprint density at radius 2 is 1.80 bits per heavy atom. The van der Waals surface area contributed by atoms with E-state index in [1.165, 1.54) is 12.0 Å². The molecule has 0 bridgehead atoms. The highest BCUT2D eigenvalue weighted by atomic mass is 31.2. The van der Waals surface area contributed by atoms with Crippen molar-refractivity contribution in [2.45, 2.75) is 57.5 Å². The minimum absolute atomic E-state index is 0.0658. The monoisotopic (exact) mass is 298 g/mol. The fraction of sp³-hybridized carbons (Fsp3) is 0.625. The molecule has 1 aliphatic carbocycles. The molecule has 1 aliphatic rings. The van der Waals surface area contributed by atoms with Crippen molar-refractivity contribution in [2.24, 2.45) is 0 Å². The molecule has 112 valence electrons. The third kappa shape index (κ3) is 5.76. The van der Waals surface area contributed by atoms with E-state index in [-0.39, 0.29) is 12.3 Å². The van der Waals surface area contributed by atoms with Crippen LogP contribution in [0.3, 0.4) is 0 Å². The SMILES string of the molecule is O=[P@](F)(CCCCc1ccccc1)OC1CCCCC1. The second-order valence-corrected chi connectivity index (χ2v) is 7.46. The summed E-state index contributed by atoms with van der Waals surface area (Å²) >= 11 is 0. The molecule has 20 heavy (non-hydrogen) atoms. The van der Waals surface area contributed by atoms with Gasteiger partial charge in [-0.05, 0) is 37.7 Å². The molecule has 0 radical (unpaired) electrons. The maximum atomic E-state index is 13.9. The summed E-state index contributed by atoms with van der Waals surface area (Å²) in [5, 5.41) is 0. The number of rotatable bonds is 7. The van der Waals surface area contributed by atoms with Crippen LogP contribution in [-0.4, -0.2) is 12.3 Å². The van der Waals surface area contributed by atoms with Crippen molar-refractivity contribution in [3.05, 3.63) is 35.9 Å². The van der Waals surface area contributed by atoms with Crippen molar-refractivity contribution in [3.63, 3.8) is 0 Å². The van der Waals surface area contributed by atoms with Crippen molar-refractivity contribution >= 4 is 7.68 Å². The maximum absolute atomic E-state index is 13.9. The number of hydrogen-bond donors (Lipinski definition) is 0. The van der Waals surface area contributed by atoms with Gasteiger partial charge in [-0.2, -0.15) is 4.20 Å². The Bertz CT molecular complexity index is 429. The van der Waals surface area contributed by atoms with E-state index >= 15 is 0 Å². The van der Waals surface area contributed by atoms with Gasteiger partial charge in [0.15, 0.2) is 0 Å². The molecule has 0 amide bonds. The number of benzene rings is 1. The van der Waals surface area contributed by atoms with E-state index in [0.717, 1.165) is 38.5 Å². The molecule has 4 heteroatoms. The van der Waals surface area contributed by atoms with Gasteiger partial charge in [-0.25, -0.2) is 0 Å². The van der Waals surface area contributed by atoms with E-state index in [1.807, 2.05) is 18.2 Å². The van der Waals surface area contributed by atoms with Crippen molar-refractivity contribution < 1.29 is 13.3 Å². The van der Waals surface area contributed by atoms with E-state index in [2.05, 4.69) is 12.1 Å². The summed E-state index contributed by atoms with van der Waals surface area (Å²) in [6.45, 7) is 0. The Balaban J connectivity index is 1.65. The molecule has 1 atom stereocenters. The minimum atomic E-state index is -3.88. The third-order valence-corrected chi connectivity index (χ3v) is 5.31. The predicted molar refractivity (Wildman–Crippen MR) is 80.9 cm³/mol. The molecule has 0 spiro atoms. The lowest BCUT2D eigenvalue weighted by Gasteiger charge is -2.23. The molecule has 0 unspecified atom stereocenters. The van der Waals surface area contributed by atoms with Gasteiger partial charge in [0.25, 0.3) is 0 Å². The predicted octanol–water partition coefficient (Wildman–Crippen LogP) is 5.52. The van der Waals surface area contributed by atoms with Crippen LogP contribution in [0.15, 0.2) is 30.3 Å². The summed E-state index contributed by atoms with van der Waals surface area (Å²) in [5.41, 5.74) is 1.24. The highest BCUT2D eigenvalue weighted by Crippen LogP contribution is 2.52. The van der Waals surface area contributed by atoms with Gasteiger partial charge in [0.05, 0.1) is 12.3 Å². The van der Waals surface area contributed by atoms with E-state index in [9.17, 15) is 8.76 Å². The second kappa shape index (κ2) is 7.95. The van der Waals surface area contributed by atoms with Gasteiger partial charge in [0, 0.05) is 0 Å². The van der Waals surface area contributed by atoms with E-state index in [0.29, 0.717) is 6.42 Å². The van der Waals surface area contributed by atoms with Gasteiger partial charge in [-0.1, -0.05) is 49.6 Å². The van der Waals surface area contributed by atoms with Crippen molar-refractivity contribution in [3.8, 4) is 0 Å². The van der Waals surface area contributed by atoms with Crippen LogP contribution in [-0.2, 0) is 15.5 Å². The Morgan fingerprint density at radius 1 is 1.10 bits per heavy atom. The second-order valence-electron chi connectivity index (χ2n) is 5.62. The van der Waals surface area contributed by atoms with E-state index in [1.54, 1.807) is 0 Å². The van der Waals surface area contributed by atoms with Gasteiger partial charge in [-0.3, -0.25) is 4.57 Å². The first-order valence-corrected chi connectivity index (χ1v) is 9.37. The van der Waals surface area contributed by atoms with E-state index < -0.39 is 7.68 Å². The summed E-state index contributed by atoms with van der Waals surface area (Å²) in [6.07, 6.45) is 7.37. The number of halogens is 1. The van der Waals surface area contributed by atoms with Crippen LogP contribution in [0.1, 0.15) is 50.5 Å².